The standard InChI is InChI=1S/C17H26N4OS.2C2HF3O2/c1-19(2)6-7-22-13-16-10-20(9-15-4-8-23-14-15)12-17-3-5-18-21(17)11-16;2*3-2(4,5)1(6)7/h3-5,8,14,16H,6-7,9-13H2,1-2H3;2*(H,6,7). The summed E-state index contributed by atoms with van der Waals surface area (Å²) in [6.45, 7) is 6.53. The highest BCUT2D eigenvalue weighted by Gasteiger charge is 2.38. The minimum atomic E-state index is -5.08. The Labute approximate surface area is 212 Å². The third-order valence-corrected chi connectivity index (χ3v) is 5.38. The van der Waals surface area contributed by atoms with Crippen molar-refractivity contribution in [3.63, 3.8) is 0 Å². The van der Waals surface area contributed by atoms with Crippen LogP contribution in [0.4, 0.5) is 26.3 Å². The van der Waals surface area contributed by atoms with Crippen LogP contribution in [-0.2, 0) is 34.0 Å². The van der Waals surface area contributed by atoms with E-state index in [1.54, 1.807) is 11.3 Å². The van der Waals surface area contributed by atoms with Gasteiger partial charge in [-0.1, -0.05) is 0 Å². The van der Waals surface area contributed by atoms with E-state index in [1.807, 2.05) is 6.20 Å². The number of carbonyl (C=O) groups is 2. The maximum Gasteiger partial charge on any atom is 0.490 e. The van der Waals surface area contributed by atoms with Gasteiger partial charge in [0.2, 0.25) is 0 Å². The number of aliphatic carboxylic acids is 2. The number of rotatable bonds is 7. The first kappa shape index (κ1) is 32.3. The Morgan fingerprint density at radius 2 is 1.70 bits per heavy atom. The first-order valence-electron chi connectivity index (χ1n) is 10.7. The molecule has 0 amide bonds. The predicted octanol–water partition coefficient (Wildman–Crippen LogP) is 3.42. The molecule has 0 saturated carbocycles. The van der Waals surface area contributed by atoms with Crippen molar-refractivity contribution in [3.05, 3.63) is 40.3 Å². The van der Waals surface area contributed by atoms with Crippen molar-refractivity contribution in [3.8, 4) is 0 Å². The number of hydrogen-bond donors (Lipinski definition) is 2. The third kappa shape index (κ3) is 13.4. The van der Waals surface area contributed by atoms with Crippen molar-refractivity contribution in [1.82, 2.24) is 19.6 Å². The molecule has 9 nitrogen and oxygen atoms in total. The van der Waals surface area contributed by atoms with Crippen molar-refractivity contribution < 1.29 is 50.9 Å². The van der Waals surface area contributed by atoms with Crippen molar-refractivity contribution in [2.75, 3.05) is 40.4 Å². The van der Waals surface area contributed by atoms with Crippen molar-refractivity contribution in [1.29, 1.82) is 0 Å². The summed E-state index contributed by atoms with van der Waals surface area (Å²) in [5.74, 6) is -5.03. The Bertz CT molecular complexity index is 926. The third-order valence-electron chi connectivity index (χ3n) is 4.65. The van der Waals surface area contributed by atoms with Gasteiger partial charge in [-0.2, -0.15) is 42.8 Å². The van der Waals surface area contributed by atoms with Crippen molar-refractivity contribution >= 4 is 23.3 Å². The second kappa shape index (κ2) is 14.9. The van der Waals surface area contributed by atoms with Crippen LogP contribution < -0.4 is 0 Å². The number of thiophene rings is 1. The van der Waals surface area contributed by atoms with Gasteiger partial charge in [-0.05, 0) is 42.6 Å². The van der Waals surface area contributed by atoms with Gasteiger partial charge in [0.1, 0.15) is 0 Å². The van der Waals surface area contributed by atoms with Crippen LogP contribution in [0.3, 0.4) is 0 Å². The Morgan fingerprint density at radius 1 is 1.11 bits per heavy atom. The number of carboxylic acids is 2. The lowest BCUT2D eigenvalue weighted by atomic mass is 10.1. The number of hydrogen-bond acceptors (Lipinski definition) is 7. The van der Waals surface area contributed by atoms with Crippen LogP contribution in [0.15, 0.2) is 29.1 Å². The molecule has 3 heterocycles. The van der Waals surface area contributed by atoms with Crippen LogP contribution in [0.1, 0.15) is 11.3 Å². The first-order valence-corrected chi connectivity index (χ1v) is 11.6. The Balaban J connectivity index is 0.000000404. The highest BCUT2D eigenvalue weighted by Crippen LogP contribution is 2.19. The van der Waals surface area contributed by atoms with Gasteiger partial charge in [-0.15, -0.1) is 0 Å². The minimum absolute atomic E-state index is 0.483. The molecule has 210 valence electrons. The van der Waals surface area contributed by atoms with Crippen LogP contribution in [0.2, 0.25) is 0 Å². The van der Waals surface area contributed by atoms with Gasteiger partial charge in [0.15, 0.2) is 0 Å². The molecule has 37 heavy (non-hydrogen) atoms. The first-order chi connectivity index (χ1) is 17.1. The summed E-state index contributed by atoms with van der Waals surface area (Å²) in [5, 5.41) is 23.1. The van der Waals surface area contributed by atoms with E-state index in [0.29, 0.717) is 5.92 Å². The molecule has 2 N–H and O–H groups in total. The second-order valence-electron chi connectivity index (χ2n) is 8.16. The molecule has 16 heteroatoms. The molecule has 1 aliphatic rings. The fourth-order valence-electron chi connectivity index (χ4n) is 2.98. The van der Waals surface area contributed by atoms with E-state index in [2.05, 4.69) is 56.6 Å². The SMILES string of the molecule is CN(C)CCOCC1CN(Cc2ccsc2)Cc2ccnn2C1.O=C(O)C(F)(F)F.O=C(O)C(F)(F)F. The van der Waals surface area contributed by atoms with Crippen molar-refractivity contribution in [2.45, 2.75) is 32.0 Å². The van der Waals surface area contributed by atoms with Crippen molar-refractivity contribution in [2.24, 2.45) is 5.92 Å². The predicted molar refractivity (Wildman–Crippen MR) is 121 cm³/mol. The van der Waals surface area contributed by atoms with Gasteiger partial charge in [-0.3, -0.25) is 9.58 Å². The monoisotopic (exact) mass is 562 g/mol. The number of ether oxygens (including phenoxy) is 1. The molecular formula is C21H28F6N4O5S. The van der Waals surface area contributed by atoms with Crippen LogP contribution in [0.5, 0.6) is 0 Å². The molecule has 0 bridgehead atoms. The molecule has 1 atom stereocenters. The largest absolute Gasteiger partial charge is 0.490 e. The number of halogens is 6. The van der Waals surface area contributed by atoms with Gasteiger partial charge in [0.05, 0.1) is 18.9 Å². The van der Waals surface area contributed by atoms with E-state index in [-0.39, 0.29) is 0 Å². The Hall–Kier alpha value is -2.69. The topological polar surface area (TPSA) is 108 Å². The lowest BCUT2D eigenvalue weighted by molar-refractivity contribution is -0.193. The maximum atomic E-state index is 10.6. The smallest absolute Gasteiger partial charge is 0.475 e. The summed E-state index contributed by atoms with van der Waals surface area (Å²) in [7, 11) is 4.15. The van der Waals surface area contributed by atoms with E-state index in [4.69, 9.17) is 24.5 Å². The van der Waals surface area contributed by atoms with Crippen LogP contribution in [-0.4, -0.2) is 94.5 Å². The quantitative estimate of drug-likeness (QED) is 0.391. The molecule has 0 spiro atoms. The highest BCUT2D eigenvalue weighted by molar-refractivity contribution is 7.07. The van der Waals surface area contributed by atoms with Crippen LogP contribution in [0.25, 0.3) is 0 Å². The summed E-state index contributed by atoms with van der Waals surface area (Å²) in [4.78, 5) is 22.5. The zero-order valence-corrected chi connectivity index (χ0v) is 20.8. The van der Waals surface area contributed by atoms with E-state index < -0.39 is 24.3 Å². The number of carboxylic acid groups (broad SMARTS) is 2. The summed E-state index contributed by atoms with van der Waals surface area (Å²) >= 11 is 1.77. The fourth-order valence-corrected chi connectivity index (χ4v) is 3.64. The van der Waals surface area contributed by atoms with E-state index in [0.717, 1.165) is 45.9 Å². The molecule has 1 aliphatic heterocycles. The van der Waals surface area contributed by atoms with Gasteiger partial charge >= 0.3 is 24.3 Å². The molecule has 0 radical (unpaired) electrons. The summed E-state index contributed by atoms with van der Waals surface area (Å²) < 4.78 is 71.5. The number of aromatic nitrogens is 2. The summed E-state index contributed by atoms with van der Waals surface area (Å²) in [5.41, 5.74) is 2.70. The number of fused-ring (bicyclic) bond motifs is 1. The lowest BCUT2D eigenvalue weighted by Gasteiger charge is -2.23. The van der Waals surface area contributed by atoms with E-state index >= 15 is 0 Å². The second-order valence-corrected chi connectivity index (χ2v) is 8.94. The molecule has 2 aromatic rings. The normalized spacial score (nSPS) is 16.1. The van der Waals surface area contributed by atoms with Gasteiger partial charge in [0.25, 0.3) is 0 Å². The van der Waals surface area contributed by atoms with Gasteiger partial charge < -0.3 is 19.8 Å². The Morgan fingerprint density at radius 3 is 2.19 bits per heavy atom. The average Bonchev–Trinajstić information content (AvgIpc) is 3.40. The zero-order chi connectivity index (χ0) is 28.2. The van der Waals surface area contributed by atoms with Crippen LogP contribution >= 0.6 is 11.3 Å². The van der Waals surface area contributed by atoms with E-state index in [1.165, 1.54) is 11.3 Å². The number of likely N-dealkylation sites (N-methyl/N-ethyl adjacent to an activating group) is 1. The molecular weight excluding hydrogens is 534 g/mol. The van der Waals surface area contributed by atoms with E-state index in [9.17, 15) is 26.3 Å². The lowest BCUT2D eigenvalue weighted by Crippen LogP contribution is -2.30. The molecule has 0 aromatic carbocycles. The zero-order valence-electron chi connectivity index (χ0n) is 20.0. The fraction of sp³-hybridized carbons (Fsp3) is 0.571. The van der Waals surface area contributed by atoms with Crippen LogP contribution in [0, 0.1) is 5.92 Å². The Kier molecular flexibility index (Phi) is 13.0. The highest BCUT2D eigenvalue weighted by atomic mass is 32.1. The molecule has 1 unspecified atom stereocenters. The van der Waals surface area contributed by atoms with Gasteiger partial charge in [0, 0.05) is 44.8 Å². The molecule has 0 saturated heterocycles. The maximum absolute atomic E-state index is 10.6. The number of nitrogens with zero attached hydrogens (tertiary/aromatic N) is 4. The van der Waals surface area contributed by atoms with Gasteiger partial charge in [-0.25, -0.2) is 9.59 Å². The molecule has 0 fully saturated rings. The minimum Gasteiger partial charge on any atom is -0.475 e. The average molecular weight is 563 g/mol. The summed E-state index contributed by atoms with van der Waals surface area (Å²) in [6, 6.07) is 4.35. The molecule has 0 aliphatic carbocycles. The summed E-state index contributed by atoms with van der Waals surface area (Å²) in [6.07, 6.45) is -8.26. The molecule has 3 rings (SSSR count). The number of alkyl halides is 6. The molecule has 2 aromatic heterocycles.